The summed E-state index contributed by atoms with van der Waals surface area (Å²) in [6.07, 6.45) is 1.68. The minimum Gasteiger partial charge on any atom is -0.315 e. The van der Waals surface area contributed by atoms with Crippen molar-refractivity contribution < 1.29 is 8.42 Å². The molecule has 110 valence electrons. The van der Waals surface area contributed by atoms with E-state index in [1.54, 1.807) is 29.4 Å². The first-order valence-corrected chi connectivity index (χ1v) is 8.50. The Morgan fingerprint density at radius 1 is 1.40 bits per heavy atom. The maximum atomic E-state index is 12.3. The van der Waals surface area contributed by atoms with Crippen LogP contribution < -0.4 is 10.0 Å². The molecule has 2 aromatic rings. The Hall–Kier alpha value is -1.22. The van der Waals surface area contributed by atoms with Gasteiger partial charge in [0.05, 0.1) is 11.1 Å². The fourth-order valence-electron chi connectivity index (χ4n) is 1.83. The third-order valence-corrected chi connectivity index (χ3v) is 5.66. The molecular formula is C12H18N4O2S2. The molecule has 0 bridgehead atoms. The summed E-state index contributed by atoms with van der Waals surface area (Å²) < 4.78 is 29.0. The predicted octanol–water partition coefficient (Wildman–Crippen LogP) is 0.988. The second kappa shape index (κ2) is 6.04. The monoisotopic (exact) mass is 314 g/mol. The SMILES string of the molecule is CNCc1sccc1S(=O)(=O)NCc1cnn(C)c1C. The van der Waals surface area contributed by atoms with E-state index in [1.807, 2.05) is 14.0 Å². The fraction of sp³-hybridized carbons (Fsp3) is 0.417. The maximum Gasteiger partial charge on any atom is 0.242 e. The molecule has 20 heavy (non-hydrogen) atoms. The van der Waals surface area contributed by atoms with Gasteiger partial charge in [-0.2, -0.15) is 5.10 Å². The Kier molecular flexibility index (Phi) is 4.59. The van der Waals surface area contributed by atoms with Gasteiger partial charge < -0.3 is 5.32 Å². The number of aryl methyl sites for hydroxylation is 1. The van der Waals surface area contributed by atoms with Gasteiger partial charge in [0.15, 0.2) is 0 Å². The lowest BCUT2D eigenvalue weighted by atomic mass is 10.3. The summed E-state index contributed by atoms with van der Waals surface area (Å²) in [6.45, 7) is 2.70. The van der Waals surface area contributed by atoms with Gasteiger partial charge in [0, 0.05) is 36.3 Å². The van der Waals surface area contributed by atoms with Gasteiger partial charge in [-0.05, 0) is 25.4 Å². The van der Waals surface area contributed by atoms with Gasteiger partial charge in [0.2, 0.25) is 10.0 Å². The van der Waals surface area contributed by atoms with Gasteiger partial charge in [-0.3, -0.25) is 4.68 Å². The van der Waals surface area contributed by atoms with E-state index in [0.29, 0.717) is 11.4 Å². The Morgan fingerprint density at radius 3 is 2.75 bits per heavy atom. The molecule has 0 spiro atoms. The largest absolute Gasteiger partial charge is 0.315 e. The number of rotatable bonds is 6. The summed E-state index contributed by atoms with van der Waals surface area (Å²) in [5.41, 5.74) is 1.83. The molecular weight excluding hydrogens is 296 g/mol. The topological polar surface area (TPSA) is 76.0 Å². The zero-order chi connectivity index (χ0) is 14.8. The molecule has 0 amide bonds. The second-order valence-electron chi connectivity index (χ2n) is 4.44. The molecule has 0 unspecified atom stereocenters. The van der Waals surface area contributed by atoms with Gasteiger partial charge in [-0.25, -0.2) is 13.1 Å². The van der Waals surface area contributed by atoms with Crippen LogP contribution in [0.15, 0.2) is 22.5 Å². The molecule has 0 saturated carbocycles. The lowest BCUT2D eigenvalue weighted by Crippen LogP contribution is -2.24. The van der Waals surface area contributed by atoms with Crippen molar-refractivity contribution in [2.75, 3.05) is 7.05 Å². The quantitative estimate of drug-likeness (QED) is 0.833. The molecule has 0 aromatic carbocycles. The summed E-state index contributed by atoms with van der Waals surface area (Å²) in [5.74, 6) is 0. The molecule has 2 heterocycles. The molecule has 0 atom stereocenters. The molecule has 0 aliphatic carbocycles. The van der Waals surface area contributed by atoms with E-state index in [0.717, 1.165) is 16.1 Å². The number of aromatic nitrogens is 2. The zero-order valence-electron chi connectivity index (χ0n) is 11.7. The molecule has 2 aromatic heterocycles. The van der Waals surface area contributed by atoms with Gasteiger partial charge in [0.1, 0.15) is 0 Å². The number of hydrogen-bond donors (Lipinski definition) is 2. The van der Waals surface area contributed by atoms with Crippen molar-refractivity contribution in [1.29, 1.82) is 0 Å². The summed E-state index contributed by atoms with van der Waals surface area (Å²) in [4.78, 5) is 1.15. The van der Waals surface area contributed by atoms with Crippen LogP contribution in [0.1, 0.15) is 16.1 Å². The zero-order valence-corrected chi connectivity index (χ0v) is 13.3. The first-order chi connectivity index (χ1) is 9.45. The van der Waals surface area contributed by atoms with Crippen molar-refractivity contribution in [2.24, 2.45) is 7.05 Å². The lowest BCUT2D eigenvalue weighted by Gasteiger charge is -2.07. The molecule has 0 fully saturated rings. The van der Waals surface area contributed by atoms with Crippen LogP contribution in [0.3, 0.4) is 0 Å². The Labute approximate surface area is 122 Å². The predicted molar refractivity (Wildman–Crippen MR) is 79.1 cm³/mol. The average Bonchev–Trinajstić information content (AvgIpc) is 2.98. The van der Waals surface area contributed by atoms with Gasteiger partial charge in [-0.1, -0.05) is 0 Å². The summed E-state index contributed by atoms with van der Waals surface area (Å²) >= 11 is 1.43. The van der Waals surface area contributed by atoms with Crippen molar-refractivity contribution in [1.82, 2.24) is 19.8 Å². The summed E-state index contributed by atoms with van der Waals surface area (Å²) in [6, 6.07) is 1.63. The lowest BCUT2D eigenvalue weighted by molar-refractivity contribution is 0.580. The Morgan fingerprint density at radius 2 is 2.15 bits per heavy atom. The highest BCUT2D eigenvalue weighted by molar-refractivity contribution is 7.89. The third-order valence-electron chi connectivity index (χ3n) is 3.12. The van der Waals surface area contributed by atoms with Gasteiger partial charge in [0.25, 0.3) is 0 Å². The minimum absolute atomic E-state index is 0.247. The molecule has 2 rings (SSSR count). The van der Waals surface area contributed by atoms with E-state index in [-0.39, 0.29) is 6.54 Å². The summed E-state index contributed by atoms with van der Waals surface area (Å²) in [5, 5.41) is 8.86. The van der Waals surface area contributed by atoms with E-state index in [2.05, 4.69) is 15.1 Å². The van der Waals surface area contributed by atoms with Gasteiger partial charge >= 0.3 is 0 Å². The van der Waals surface area contributed by atoms with E-state index in [1.165, 1.54) is 11.3 Å². The number of nitrogens with zero attached hydrogens (tertiary/aromatic N) is 2. The number of thiophene rings is 1. The normalized spacial score (nSPS) is 11.9. The van der Waals surface area contributed by atoms with Crippen LogP contribution >= 0.6 is 11.3 Å². The van der Waals surface area contributed by atoms with E-state index in [4.69, 9.17) is 0 Å². The molecule has 0 radical (unpaired) electrons. The highest BCUT2D eigenvalue weighted by atomic mass is 32.2. The molecule has 0 saturated heterocycles. The number of nitrogens with one attached hydrogen (secondary N) is 2. The van der Waals surface area contributed by atoms with Crippen LogP contribution in [0, 0.1) is 6.92 Å². The summed E-state index contributed by atoms with van der Waals surface area (Å²) in [7, 11) is 0.133. The molecule has 0 aliphatic rings. The number of sulfonamides is 1. The molecule has 6 nitrogen and oxygen atoms in total. The molecule has 8 heteroatoms. The van der Waals surface area contributed by atoms with E-state index in [9.17, 15) is 8.42 Å². The third kappa shape index (κ3) is 3.09. The molecule has 2 N–H and O–H groups in total. The number of hydrogen-bond acceptors (Lipinski definition) is 5. The fourth-order valence-corrected chi connectivity index (χ4v) is 4.29. The highest BCUT2D eigenvalue weighted by Crippen LogP contribution is 2.22. The van der Waals surface area contributed by atoms with Crippen molar-refractivity contribution in [3.63, 3.8) is 0 Å². The van der Waals surface area contributed by atoms with Crippen LogP contribution in [-0.2, 0) is 30.2 Å². The maximum absolute atomic E-state index is 12.3. The van der Waals surface area contributed by atoms with Crippen LogP contribution in [0.5, 0.6) is 0 Å². The van der Waals surface area contributed by atoms with Crippen LogP contribution in [0.2, 0.25) is 0 Å². The Balaban J connectivity index is 2.15. The van der Waals surface area contributed by atoms with Crippen LogP contribution in [-0.4, -0.2) is 25.2 Å². The first kappa shape index (κ1) is 15.2. The molecule has 0 aliphatic heterocycles. The van der Waals surface area contributed by atoms with E-state index >= 15 is 0 Å². The van der Waals surface area contributed by atoms with Crippen molar-refractivity contribution in [2.45, 2.75) is 24.9 Å². The van der Waals surface area contributed by atoms with Gasteiger partial charge in [-0.15, -0.1) is 11.3 Å². The minimum atomic E-state index is -3.49. The van der Waals surface area contributed by atoms with E-state index < -0.39 is 10.0 Å². The first-order valence-electron chi connectivity index (χ1n) is 6.14. The average molecular weight is 314 g/mol. The van der Waals surface area contributed by atoms with Crippen LogP contribution in [0.25, 0.3) is 0 Å². The van der Waals surface area contributed by atoms with Crippen LogP contribution in [0.4, 0.5) is 0 Å². The standard InChI is InChI=1S/C12H18N4O2S2/c1-9-10(6-14-16(9)3)7-15-20(17,18)12-4-5-19-11(12)8-13-2/h4-6,13,15H,7-8H2,1-3H3. The Bertz CT molecular complexity index is 688. The van der Waals surface area contributed by atoms with Crippen molar-refractivity contribution in [3.8, 4) is 0 Å². The smallest absolute Gasteiger partial charge is 0.242 e. The highest BCUT2D eigenvalue weighted by Gasteiger charge is 2.19. The van der Waals surface area contributed by atoms with Crippen molar-refractivity contribution >= 4 is 21.4 Å². The van der Waals surface area contributed by atoms with Crippen molar-refractivity contribution in [3.05, 3.63) is 33.8 Å². The second-order valence-corrected chi connectivity index (χ2v) is 7.18.